The summed E-state index contributed by atoms with van der Waals surface area (Å²) in [5, 5.41) is 14.6. The maximum Gasteiger partial charge on any atom is 0.253 e. The first-order valence-electron chi connectivity index (χ1n) is 13.6. The Morgan fingerprint density at radius 3 is 2.62 bits per heavy atom. The molecule has 4 aromatic rings. The maximum atomic E-state index is 13.6. The molecule has 9 nitrogen and oxygen atoms in total. The minimum absolute atomic E-state index is 0.0797. The van der Waals surface area contributed by atoms with Crippen LogP contribution < -0.4 is 10.5 Å². The van der Waals surface area contributed by atoms with Gasteiger partial charge in [0.15, 0.2) is 5.82 Å². The number of aryl methyl sites for hydroxylation is 3. The van der Waals surface area contributed by atoms with E-state index in [2.05, 4.69) is 63.2 Å². The number of ether oxygens (including phenoxy) is 1. The predicted molar refractivity (Wildman–Crippen MR) is 153 cm³/mol. The molecule has 39 heavy (non-hydrogen) atoms. The van der Waals surface area contributed by atoms with Crippen LogP contribution in [-0.4, -0.2) is 69.0 Å². The van der Waals surface area contributed by atoms with Gasteiger partial charge in [0.05, 0.1) is 12.6 Å². The highest BCUT2D eigenvalue weighted by atomic mass is 35.5. The van der Waals surface area contributed by atoms with Crippen molar-refractivity contribution in [1.82, 2.24) is 30.1 Å². The van der Waals surface area contributed by atoms with Crippen LogP contribution in [0.4, 0.5) is 5.69 Å². The average Bonchev–Trinajstić information content (AvgIpc) is 3.61. The third-order valence-corrected chi connectivity index (χ3v) is 8.41. The molecule has 0 unspecified atom stereocenters. The lowest BCUT2D eigenvalue weighted by Gasteiger charge is -2.40. The molecule has 2 aliphatic heterocycles. The van der Waals surface area contributed by atoms with Gasteiger partial charge in [0.2, 0.25) is 0 Å². The van der Waals surface area contributed by atoms with Crippen molar-refractivity contribution in [3.63, 3.8) is 0 Å². The quantitative estimate of drug-likeness (QED) is 0.387. The Morgan fingerprint density at radius 2 is 1.85 bits per heavy atom. The van der Waals surface area contributed by atoms with Gasteiger partial charge in [-0.05, 0) is 96.4 Å². The van der Waals surface area contributed by atoms with Gasteiger partial charge in [0, 0.05) is 54.6 Å². The van der Waals surface area contributed by atoms with Crippen LogP contribution in [0.2, 0.25) is 5.02 Å². The van der Waals surface area contributed by atoms with Gasteiger partial charge in [0.25, 0.3) is 5.56 Å². The van der Waals surface area contributed by atoms with Crippen molar-refractivity contribution in [3.8, 4) is 0 Å². The third-order valence-electron chi connectivity index (χ3n) is 8.18. The fourth-order valence-electron chi connectivity index (χ4n) is 5.86. The highest BCUT2D eigenvalue weighted by Gasteiger charge is 2.34. The lowest BCUT2D eigenvalue weighted by atomic mass is 10.00. The Bertz CT molecular complexity index is 1550. The summed E-state index contributed by atoms with van der Waals surface area (Å²) >= 11 is 6.33. The molecule has 0 amide bonds. The average molecular weight is 548 g/mol. The standard InChI is InChI=1S/C29H34ClN7O2/c1-18-6-7-22(30)16-26(18)35-8-10-36(11-9-35)27(28-32-33-34-37(28)17-23-5-4-12-39-23)24-15-21-13-19(2)20(3)14-25(21)31-29(24)38/h6-7,13-16,23,27H,4-5,8-12,17H2,1-3H3,(H,31,38)/t23-,27+/m1/s1. The van der Waals surface area contributed by atoms with Gasteiger partial charge in [-0.15, -0.1) is 5.10 Å². The number of halogens is 1. The molecule has 4 heterocycles. The molecule has 204 valence electrons. The van der Waals surface area contributed by atoms with Gasteiger partial charge >= 0.3 is 0 Å². The summed E-state index contributed by atoms with van der Waals surface area (Å²) in [6.07, 6.45) is 2.10. The number of benzene rings is 2. The van der Waals surface area contributed by atoms with Crippen LogP contribution in [-0.2, 0) is 11.3 Å². The molecule has 2 aliphatic rings. The van der Waals surface area contributed by atoms with Crippen molar-refractivity contribution in [2.24, 2.45) is 0 Å². The lowest BCUT2D eigenvalue weighted by molar-refractivity contribution is 0.0906. The normalized spacial score (nSPS) is 19.2. The molecular weight excluding hydrogens is 514 g/mol. The van der Waals surface area contributed by atoms with Crippen molar-refractivity contribution in [1.29, 1.82) is 0 Å². The SMILES string of the molecule is Cc1cc2cc([C@@H](c3nnnn3C[C@H]3CCCO3)N3CCN(c4cc(Cl)ccc4C)CC3)c(=O)[nH]c2cc1C. The Labute approximate surface area is 232 Å². The van der Waals surface area contributed by atoms with E-state index in [-0.39, 0.29) is 11.7 Å². The molecule has 0 bridgehead atoms. The van der Waals surface area contributed by atoms with Crippen LogP contribution in [0.15, 0.2) is 41.2 Å². The molecule has 0 saturated carbocycles. The first-order chi connectivity index (χ1) is 18.9. The second-order valence-electron chi connectivity index (χ2n) is 10.8. The smallest absolute Gasteiger partial charge is 0.253 e. The van der Waals surface area contributed by atoms with E-state index in [0.717, 1.165) is 72.8 Å². The van der Waals surface area contributed by atoms with Crippen LogP contribution in [0.3, 0.4) is 0 Å². The van der Waals surface area contributed by atoms with Gasteiger partial charge in [-0.25, -0.2) is 4.68 Å². The van der Waals surface area contributed by atoms with Crippen molar-refractivity contribution < 1.29 is 4.74 Å². The van der Waals surface area contributed by atoms with E-state index in [1.54, 1.807) is 0 Å². The van der Waals surface area contributed by atoms with E-state index in [1.165, 1.54) is 11.1 Å². The van der Waals surface area contributed by atoms with Crippen LogP contribution in [0.1, 0.15) is 47.0 Å². The summed E-state index contributed by atoms with van der Waals surface area (Å²) in [7, 11) is 0. The Morgan fingerprint density at radius 1 is 1.05 bits per heavy atom. The zero-order chi connectivity index (χ0) is 27.1. The zero-order valence-corrected chi connectivity index (χ0v) is 23.4. The number of rotatable bonds is 6. The largest absolute Gasteiger partial charge is 0.376 e. The van der Waals surface area contributed by atoms with Gasteiger partial charge < -0.3 is 14.6 Å². The summed E-state index contributed by atoms with van der Waals surface area (Å²) in [4.78, 5) is 21.4. The summed E-state index contributed by atoms with van der Waals surface area (Å²) < 4.78 is 7.72. The van der Waals surface area contributed by atoms with Crippen molar-refractivity contribution in [3.05, 3.63) is 79.9 Å². The van der Waals surface area contributed by atoms with Crippen LogP contribution in [0, 0.1) is 20.8 Å². The molecular formula is C29H34ClN7O2. The fourth-order valence-corrected chi connectivity index (χ4v) is 6.03. The molecule has 10 heteroatoms. The molecule has 2 saturated heterocycles. The molecule has 1 N–H and O–H groups in total. The summed E-state index contributed by atoms with van der Waals surface area (Å²) in [6.45, 7) is 10.7. The molecule has 2 atom stereocenters. The van der Waals surface area contributed by atoms with E-state index < -0.39 is 6.04 Å². The van der Waals surface area contributed by atoms with Crippen LogP contribution >= 0.6 is 11.6 Å². The number of piperazine rings is 1. The number of fused-ring (bicyclic) bond motifs is 1. The predicted octanol–water partition coefficient (Wildman–Crippen LogP) is 4.18. The Kier molecular flexibility index (Phi) is 7.14. The van der Waals surface area contributed by atoms with Crippen molar-refractivity contribution in [2.45, 2.75) is 52.3 Å². The van der Waals surface area contributed by atoms with Gasteiger partial charge in [-0.3, -0.25) is 9.69 Å². The summed E-state index contributed by atoms with van der Waals surface area (Å²) in [6, 6.07) is 11.8. The van der Waals surface area contributed by atoms with E-state index in [0.29, 0.717) is 17.9 Å². The first kappa shape index (κ1) is 26.0. The highest BCUT2D eigenvalue weighted by Crippen LogP contribution is 2.31. The molecule has 6 rings (SSSR count). The monoisotopic (exact) mass is 547 g/mol. The number of tetrazole rings is 1. The second kappa shape index (κ2) is 10.7. The molecule has 0 aliphatic carbocycles. The number of pyridine rings is 1. The fraction of sp³-hybridized carbons (Fsp3) is 0.448. The number of nitrogens with one attached hydrogen (secondary N) is 1. The van der Waals surface area contributed by atoms with E-state index in [4.69, 9.17) is 16.3 Å². The minimum atomic E-state index is -0.390. The topological polar surface area (TPSA) is 92.2 Å². The molecule has 0 radical (unpaired) electrons. The number of nitrogens with zero attached hydrogens (tertiary/aromatic N) is 6. The number of H-pyrrole nitrogens is 1. The molecule has 2 fully saturated rings. The van der Waals surface area contributed by atoms with Gasteiger partial charge in [0.1, 0.15) is 6.04 Å². The molecule has 2 aromatic heterocycles. The van der Waals surface area contributed by atoms with Crippen molar-refractivity contribution in [2.75, 3.05) is 37.7 Å². The van der Waals surface area contributed by atoms with Crippen LogP contribution in [0.5, 0.6) is 0 Å². The highest BCUT2D eigenvalue weighted by molar-refractivity contribution is 6.30. The number of aromatic nitrogens is 5. The number of aromatic amines is 1. The van der Waals surface area contributed by atoms with Crippen LogP contribution in [0.25, 0.3) is 10.9 Å². The number of hydrogen-bond donors (Lipinski definition) is 1. The second-order valence-corrected chi connectivity index (χ2v) is 11.2. The summed E-state index contributed by atoms with van der Waals surface area (Å²) in [5.41, 5.74) is 6.06. The third kappa shape index (κ3) is 5.18. The van der Waals surface area contributed by atoms with Gasteiger partial charge in [-0.1, -0.05) is 17.7 Å². The number of hydrogen-bond acceptors (Lipinski definition) is 7. The first-order valence-corrected chi connectivity index (χ1v) is 14.0. The van der Waals surface area contributed by atoms with E-state index in [9.17, 15) is 4.79 Å². The zero-order valence-electron chi connectivity index (χ0n) is 22.7. The summed E-state index contributed by atoms with van der Waals surface area (Å²) in [5.74, 6) is 0.673. The Hall–Kier alpha value is -3.27. The minimum Gasteiger partial charge on any atom is -0.376 e. The maximum absolute atomic E-state index is 13.6. The van der Waals surface area contributed by atoms with E-state index in [1.807, 2.05) is 28.9 Å². The lowest BCUT2D eigenvalue weighted by Crippen LogP contribution is -2.49. The molecule has 0 spiro atoms. The molecule has 2 aromatic carbocycles. The van der Waals surface area contributed by atoms with Crippen molar-refractivity contribution >= 4 is 28.2 Å². The van der Waals surface area contributed by atoms with Gasteiger partial charge in [-0.2, -0.15) is 0 Å². The number of anilines is 1. The van der Waals surface area contributed by atoms with E-state index >= 15 is 0 Å². The Balaban J connectivity index is 1.38.